The van der Waals surface area contributed by atoms with Crippen molar-refractivity contribution in [1.29, 1.82) is 0 Å². The fourth-order valence-corrected chi connectivity index (χ4v) is 2.91. The predicted octanol–water partition coefficient (Wildman–Crippen LogP) is 2.39. The number of ether oxygens (including phenoxy) is 1. The van der Waals surface area contributed by atoms with Crippen molar-refractivity contribution in [2.24, 2.45) is 11.7 Å². The van der Waals surface area contributed by atoms with E-state index in [2.05, 4.69) is 5.32 Å². The predicted molar refractivity (Wildman–Crippen MR) is 79.5 cm³/mol. The summed E-state index contributed by atoms with van der Waals surface area (Å²) in [4.78, 5) is 12.4. The number of carbonyl (C=O) groups excluding carboxylic acids is 1. The highest BCUT2D eigenvalue weighted by molar-refractivity contribution is 5.80. The molecule has 3 atom stereocenters. The van der Waals surface area contributed by atoms with Gasteiger partial charge in [0.25, 0.3) is 0 Å². The van der Waals surface area contributed by atoms with E-state index in [0.717, 1.165) is 37.0 Å². The maximum Gasteiger partial charge on any atom is 0.225 e. The van der Waals surface area contributed by atoms with Crippen molar-refractivity contribution in [2.45, 2.75) is 44.7 Å². The van der Waals surface area contributed by atoms with Gasteiger partial charge in [0.05, 0.1) is 19.1 Å². The van der Waals surface area contributed by atoms with Gasteiger partial charge in [-0.2, -0.15) is 0 Å². The van der Waals surface area contributed by atoms with E-state index in [1.807, 2.05) is 31.2 Å². The maximum absolute atomic E-state index is 12.4. The molecule has 0 heterocycles. The molecule has 1 saturated carbocycles. The number of methoxy groups -OCH3 is 1. The van der Waals surface area contributed by atoms with Crippen molar-refractivity contribution in [3.05, 3.63) is 29.8 Å². The van der Waals surface area contributed by atoms with Crippen LogP contribution in [0.5, 0.6) is 5.75 Å². The molecule has 1 aliphatic carbocycles. The average Bonchev–Trinajstić information content (AvgIpc) is 2.47. The zero-order valence-electron chi connectivity index (χ0n) is 12.3. The van der Waals surface area contributed by atoms with Crippen LogP contribution in [-0.2, 0) is 4.79 Å². The van der Waals surface area contributed by atoms with Gasteiger partial charge in [0, 0.05) is 11.6 Å². The second-order valence-corrected chi connectivity index (χ2v) is 5.53. The van der Waals surface area contributed by atoms with Crippen molar-refractivity contribution in [1.82, 2.24) is 5.32 Å². The van der Waals surface area contributed by atoms with Crippen LogP contribution < -0.4 is 15.8 Å². The van der Waals surface area contributed by atoms with Crippen molar-refractivity contribution in [3.8, 4) is 5.75 Å². The number of hydrogen-bond donors (Lipinski definition) is 2. The Balaban J connectivity index is 2.03. The minimum atomic E-state index is -0.0761. The third-order valence-electron chi connectivity index (χ3n) is 4.12. The number of amides is 1. The number of benzene rings is 1. The molecule has 1 amide bonds. The van der Waals surface area contributed by atoms with E-state index in [-0.39, 0.29) is 23.9 Å². The van der Waals surface area contributed by atoms with Gasteiger partial charge in [0.1, 0.15) is 5.75 Å². The Morgan fingerprint density at radius 1 is 1.35 bits per heavy atom. The fourth-order valence-electron chi connectivity index (χ4n) is 2.91. The molecule has 0 spiro atoms. The Labute approximate surface area is 120 Å². The summed E-state index contributed by atoms with van der Waals surface area (Å²) in [6.07, 6.45) is 4.06. The molecule has 110 valence electrons. The zero-order chi connectivity index (χ0) is 14.5. The standard InChI is InChI=1S/C16H24N2O2/c1-11(12-7-4-6-10-15(12)20-2)18-16(19)13-8-3-5-9-14(13)17/h4,6-7,10-11,13-14H,3,5,8-9,17H2,1-2H3,(H,18,19)/t11-,13?,14?/m1/s1. The third kappa shape index (κ3) is 3.31. The molecule has 1 aliphatic rings. The second-order valence-electron chi connectivity index (χ2n) is 5.53. The molecule has 0 aliphatic heterocycles. The summed E-state index contributed by atoms with van der Waals surface area (Å²) >= 11 is 0. The molecule has 0 radical (unpaired) electrons. The lowest BCUT2D eigenvalue weighted by Gasteiger charge is -2.29. The summed E-state index contributed by atoms with van der Waals surface area (Å²) < 4.78 is 5.34. The number of nitrogens with two attached hydrogens (primary N) is 1. The largest absolute Gasteiger partial charge is 0.496 e. The van der Waals surface area contributed by atoms with Crippen LogP contribution >= 0.6 is 0 Å². The molecule has 4 nitrogen and oxygen atoms in total. The summed E-state index contributed by atoms with van der Waals surface area (Å²) in [5.74, 6) is 0.810. The van der Waals surface area contributed by atoms with Crippen LogP contribution in [0.2, 0.25) is 0 Å². The van der Waals surface area contributed by atoms with Crippen LogP contribution in [0.15, 0.2) is 24.3 Å². The fraction of sp³-hybridized carbons (Fsp3) is 0.562. The SMILES string of the molecule is COc1ccccc1[C@@H](C)NC(=O)C1CCCCC1N. The highest BCUT2D eigenvalue weighted by atomic mass is 16.5. The van der Waals surface area contributed by atoms with E-state index in [4.69, 9.17) is 10.5 Å². The number of hydrogen-bond acceptors (Lipinski definition) is 3. The lowest BCUT2D eigenvalue weighted by molar-refractivity contribution is -0.127. The first kappa shape index (κ1) is 14.9. The monoisotopic (exact) mass is 276 g/mol. The van der Waals surface area contributed by atoms with Crippen molar-refractivity contribution in [3.63, 3.8) is 0 Å². The van der Waals surface area contributed by atoms with Gasteiger partial charge in [-0.25, -0.2) is 0 Å². The van der Waals surface area contributed by atoms with Crippen LogP contribution in [0, 0.1) is 5.92 Å². The molecule has 3 N–H and O–H groups in total. The van der Waals surface area contributed by atoms with Gasteiger partial charge in [0.15, 0.2) is 0 Å². The molecule has 4 heteroatoms. The van der Waals surface area contributed by atoms with E-state index >= 15 is 0 Å². The van der Waals surface area contributed by atoms with Crippen LogP contribution in [-0.4, -0.2) is 19.1 Å². The average molecular weight is 276 g/mol. The molecule has 0 bridgehead atoms. The Bertz CT molecular complexity index is 462. The summed E-state index contributed by atoms with van der Waals surface area (Å²) in [5, 5.41) is 3.07. The lowest BCUT2D eigenvalue weighted by atomic mass is 9.84. The van der Waals surface area contributed by atoms with Gasteiger partial charge in [-0.05, 0) is 25.8 Å². The Morgan fingerprint density at radius 3 is 2.75 bits per heavy atom. The number of rotatable bonds is 4. The van der Waals surface area contributed by atoms with Gasteiger partial charge in [-0.1, -0.05) is 31.0 Å². The number of carbonyl (C=O) groups is 1. The first-order valence-corrected chi connectivity index (χ1v) is 7.32. The lowest BCUT2D eigenvalue weighted by Crippen LogP contribution is -2.44. The second kappa shape index (κ2) is 6.75. The van der Waals surface area contributed by atoms with E-state index in [0.29, 0.717) is 0 Å². The Hall–Kier alpha value is -1.55. The van der Waals surface area contributed by atoms with Crippen molar-refractivity contribution >= 4 is 5.91 Å². The third-order valence-corrected chi connectivity index (χ3v) is 4.12. The number of nitrogens with one attached hydrogen (secondary N) is 1. The first-order valence-electron chi connectivity index (χ1n) is 7.32. The topological polar surface area (TPSA) is 64.3 Å². The van der Waals surface area contributed by atoms with Gasteiger partial charge >= 0.3 is 0 Å². The van der Waals surface area contributed by atoms with E-state index in [1.54, 1.807) is 7.11 Å². The molecule has 1 fully saturated rings. The normalized spacial score (nSPS) is 23.9. The Morgan fingerprint density at radius 2 is 2.05 bits per heavy atom. The summed E-state index contributed by atoms with van der Waals surface area (Å²) in [5.41, 5.74) is 7.06. The quantitative estimate of drug-likeness (QED) is 0.887. The van der Waals surface area contributed by atoms with E-state index < -0.39 is 0 Å². The molecule has 2 rings (SSSR count). The van der Waals surface area contributed by atoms with Gasteiger partial charge < -0.3 is 15.8 Å². The minimum absolute atomic E-state index is 0.00591. The van der Waals surface area contributed by atoms with Gasteiger partial charge in [0.2, 0.25) is 5.91 Å². The van der Waals surface area contributed by atoms with Crippen LogP contribution in [0.3, 0.4) is 0 Å². The van der Waals surface area contributed by atoms with Crippen molar-refractivity contribution < 1.29 is 9.53 Å². The van der Waals surface area contributed by atoms with E-state index in [1.165, 1.54) is 0 Å². The molecular formula is C16H24N2O2. The smallest absolute Gasteiger partial charge is 0.225 e. The van der Waals surface area contributed by atoms with Gasteiger partial charge in [-0.15, -0.1) is 0 Å². The molecule has 1 aromatic rings. The van der Waals surface area contributed by atoms with Crippen LogP contribution in [0.25, 0.3) is 0 Å². The molecular weight excluding hydrogens is 252 g/mol. The first-order chi connectivity index (χ1) is 9.63. The molecule has 0 saturated heterocycles. The maximum atomic E-state index is 12.4. The summed E-state index contributed by atoms with van der Waals surface area (Å²) in [6.45, 7) is 1.98. The van der Waals surface area contributed by atoms with Crippen LogP contribution in [0.4, 0.5) is 0 Å². The molecule has 0 aromatic heterocycles. The molecule has 1 aromatic carbocycles. The van der Waals surface area contributed by atoms with E-state index in [9.17, 15) is 4.79 Å². The minimum Gasteiger partial charge on any atom is -0.496 e. The summed E-state index contributed by atoms with van der Waals surface area (Å²) in [6, 6.07) is 7.68. The molecule has 20 heavy (non-hydrogen) atoms. The van der Waals surface area contributed by atoms with Crippen LogP contribution in [0.1, 0.15) is 44.2 Å². The van der Waals surface area contributed by atoms with Crippen molar-refractivity contribution in [2.75, 3.05) is 7.11 Å². The zero-order valence-corrected chi connectivity index (χ0v) is 12.3. The number of para-hydroxylation sites is 1. The Kier molecular flexibility index (Phi) is 5.01. The highest BCUT2D eigenvalue weighted by Crippen LogP contribution is 2.27. The molecule has 2 unspecified atom stereocenters. The highest BCUT2D eigenvalue weighted by Gasteiger charge is 2.29. The van der Waals surface area contributed by atoms with Gasteiger partial charge in [-0.3, -0.25) is 4.79 Å². The summed E-state index contributed by atoms with van der Waals surface area (Å²) in [7, 11) is 1.64.